The number of anilines is 2. The third kappa shape index (κ3) is 8.05. The van der Waals surface area contributed by atoms with E-state index in [4.69, 9.17) is 28.7 Å². The van der Waals surface area contributed by atoms with Crippen LogP contribution in [0.5, 0.6) is 11.6 Å². The van der Waals surface area contributed by atoms with Gasteiger partial charge in [-0.15, -0.1) is 0 Å². The van der Waals surface area contributed by atoms with Crippen molar-refractivity contribution in [2.24, 2.45) is 0 Å². The van der Waals surface area contributed by atoms with E-state index in [1.807, 2.05) is 47.8 Å². The quantitative estimate of drug-likeness (QED) is 0.155. The second-order valence-electron chi connectivity index (χ2n) is 12.0. The van der Waals surface area contributed by atoms with Crippen molar-refractivity contribution in [3.63, 3.8) is 0 Å². The first-order valence-corrected chi connectivity index (χ1v) is 18.1. The summed E-state index contributed by atoms with van der Waals surface area (Å²) in [6, 6.07) is 25.6. The Balaban J connectivity index is 1.13. The lowest BCUT2D eigenvalue weighted by Crippen LogP contribution is -2.44. The lowest BCUT2D eigenvalue weighted by Gasteiger charge is -2.31. The second-order valence-corrected chi connectivity index (χ2v) is 14.1. The molecule has 0 radical (unpaired) electrons. The van der Waals surface area contributed by atoms with Crippen molar-refractivity contribution in [2.75, 3.05) is 90.2 Å². The van der Waals surface area contributed by atoms with E-state index in [0.29, 0.717) is 32.3 Å². The minimum absolute atomic E-state index is 0.192. The van der Waals surface area contributed by atoms with E-state index in [-0.39, 0.29) is 6.04 Å². The normalized spacial score (nSPS) is 16.9. The summed E-state index contributed by atoms with van der Waals surface area (Å²) in [5.41, 5.74) is 5.27. The van der Waals surface area contributed by atoms with E-state index in [1.165, 1.54) is 19.6 Å². The molecule has 3 aromatic carbocycles. The number of nitrogens with zero attached hydrogens (tertiary/aromatic N) is 3. The molecular formula is C37H42N4O5S2. The lowest BCUT2D eigenvalue weighted by molar-refractivity contribution is 0.0319. The van der Waals surface area contributed by atoms with Gasteiger partial charge in [0.1, 0.15) is 12.4 Å². The number of hydrogen-bond donors (Lipinski definition) is 1. The Morgan fingerprint density at radius 3 is 2.40 bits per heavy atom. The van der Waals surface area contributed by atoms with Gasteiger partial charge in [0, 0.05) is 82.4 Å². The largest absolute Gasteiger partial charge is 0.497 e. The standard InChI is InChI=1S/C37H42N4O5S2/c1-42-25-28(23-40-12-16-44-17-13-40)38-27-8-11-33-35(20-27)47-34-5-3-4-31(37(34)48-33)32-21-29(41-14-18-45-19-15-41)22-36(39-32)46-24-26-6-9-30(43-2)10-7-26/h3-11,20-22,28,38H,12-19,23-25H2,1-2H3. The van der Waals surface area contributed by atoms with E-state index in [2.05, 4.69) is 63.6 Å². The fourth-order valence-corrected chi connectivity index (χ4v) is 8.56. The number of pyridine rings is 1. The van der Waals surface area contributed by atoms with Crippen molar-refractivity contribution in [1.82, 2.24) is 9.88 Å². The van der Waals surface area contributed by atoms with Crippen LogP contribution in [0.2, 0.25) is 0 Å². The summed E-state index contributed by atoms with van der Waals surface area (Å²) in [6.07, 6.45) is 0. The summed E-state index contributed by atoms with van der Waals surface area (Å²) in [5.74, 6) is 1.43. The average molecular weight is 687 g/mol. The van der Waals surface area contributed by atoms with Crippen LogP contribution in [0.4, 0.5) is 11.4 Å². The number of ether oxygens (including phenoxy) is 5. The first-order chi connectivity index (χ1) is 23.6. The molecule has 1 aromatic heterocycles. The van der Waals surface area contributed by atoms with Gasteiger partial charge in [-0.1, -0.05) is 47.8 Å². The average Bonchev–Trinajstić information content (AvgIpc) is 3.14. The molecule has 1 N–H and O–H groups in total. The van der Waals surface area contributed by atoms with Crippen LogP contribution in [0.15, 0.2) is 92.4 Å². The van der Waals surface area contributed by atoms with Crippen LogP contribution in [0.25, 0.3) is 11.3 Å². The Bertz CT molecular complexity index is 1680. The highest BCUT2D eigenvalue weighted by molar-refractivity contribution is 8.05. The highest BCUT2D eigenvalue weighted by Gasteiger charge is 2.24. The van der Waals surface area contributed by atoms with Crippen molar-refractivity contribution in [3.05, 3.63) is 78.4 Å². The summed E-state index contributed by atoms with van der Waals surface area (Å²) in [4.78, 5) is 14.8. The van der Waals surface area contributed by atoms with Gasteiger partial charge in [-0.3, -0.25) is 4.90 Å². The summed E-state index contributed by atoms with van der Waals surface area (Å²) >= 11 is 3.62. The van der Waals surface area contributed by atoms with E-state index in [0.717, 1.165) is 79.9 Å². The maximum atomic E-state index is 6.32. The maximum absolute atomic E-state index is 6.32. The topological polar surface area (TPSA) is 77.6 Å². The Morgan fingerprint density at radius 2 is 1.62 bits per heavy atom. The minimum Gasteiger partial charge on any atom is -0.497 e. The van der Waals surface area contributed by atoms with Gasteiger partial charge in [-0.05, 0) is 48.0 Å². The van der Waals surface area contributed by atoms with Crippen molar-refractivity contribution in [3.8, 4) is 22.9 Å². The molecule has 7 rings (SSSR count). The molecule has 1 unspecified atom stereocenters. The van der Waals surface area contributed by atoms with E-state index in [9.17, 15) is 0 Å². The molecule has 48 heavy (non-hydrogen) atoms. The van der Waals surface area contributed by atoms with Crippen molar-refractivity contribution < 1.29 is 23.7 Å². The van der Waals surface area contributed by atoms with Crippen LogP contribution in [-0.2, 0) is 20.8 Å². The molecule has 4 aromatic rings. The Hall–Kier alpha value is -3.45. The van der Waals surface area contributed by atoms with Crippen LogP contribution < -0.4 is 19.7 Å². The van der Waals surface area contributed by atoms with Gasteiger partial charge in [0.2, 0.25) is 5.88 Å². The lowest BCUT2D eigenvalue weighted by atomic mass is 10.1. The number of methoxy groups -OCH3 is 2. The van der Waals surface area contributed by atoms with Crippen molar-refractivity contribution >= 4 is 34.9 Å². The Morgan fingerprint density at radius 1 is 0.833 bits per heavy atom. The predicted octanol–water partition coefficient (Wildman–Crippen LogP) is 6.55. The molecule has 0 saturated carbocycles. The first kappa shape index (κ1) is 33.1. The number of nitrogens with one attached hydrogen (secondary N) is 1. The smallest absolute Gasteiger partial charge is 0.216 e. The van der Waals surface area contributed by atoms with E-state index < -0.39 is 0 Å². The van der Waals surface area contributed by atoms with Crippen LogP contribution in [0.1, 0.15) is 5.56 Å². The highest BCUT2D eigenvalue weighted by atomic mass is 32.2. The number of fused-ring (bicyclic) bond motifs is 2. The number of morpholine rings is 2. The van der Waals surface area contributed by atoms with Gasteiger partial charge in [0.25, 0.3) is 0 Å². The Kier molecular flexibility index (Phi) is 10.9. The summed E-state index contributed by atoms with van der Waals surface area (Å²) in [5, 5.41) is 3.74. The molecule has 3 aliphatic rings. The second kappa shape index (κ2) is 15.8. The molecule has 9 nitrogen and oxygen atoms in total. The van der Waals surface area contributed by atoms with Gasteiger partial charge < -0.3 is 33.9 Å². The van der Waals surface area contributed by atoms with Crippen LogP contribution in [0.3, 0.4) is 0 Å². The molecule has 2 saturated heterocycles. The van der Waals surface area contributed by atoms with Gasteiger partial charge >= 0.3 is 0 Å². The number of hydrogen-bond acceptors (Lipinski definition) is 11. The molecule has 0 bridgehead atoms. The van der Waals surface area contributed by atoms with Crippen LogP contribution in [0, 0.1) is 0 Å². The zero-order valence-electron chi connectivity index (χ0n) is 27.5. The summed E-state index contributed by atoms with van der Waals surface area (Å²) in [6.45, 7) is 8.56. The van der Waals surface area contributed by atoms with Gasteiger partial charge in [-0.25, -0.2) is 4.98 Å². The molecular weight excluding hydrogens is 645 g/mol. The van der Waals surface area contributed by atoms with Crippen molar-refractivity contribution in [1.29, 1.82) is 0 Å². The molecule has 0 spiro atoms. The zero-order chi connectivity index (χ0) is 32.7. The predicted molar refractivity (Wildman–Crippen MR) is 191 cm³/mol. The fraction of sp³-hybridized carbons (Fsp3) is 0.378. The zero-order valence-corrected chi connectivity index (χ0v) is 29.1. The monoisotopic (exact) mass is 686 g/mol. The first-order valence-electron chi connectivity index (χ1n) is 16.4. The van der Waals surface area contributed by atoms with Gasteiger partial charge in [0.15, 0.2) is 0 Å². The molecule has 2 fully saturated rings. The third-order valence-electron chi connectivity index (χ3n) is 8.66. The molecule has 1 atom stereocenters. The fourth-order valence-electron chi connectivity index (χ4n) is 6.15. The third-order valence-corrected chi connectivity index (χ3v) is 11.3. The van der Waals surface area contributed by atoms with Crippen molar-refractivity contribution in [2.45, 2.75) is 32.2 Å². The number of benzene rings is 3. The number of rotatable bonds is 12. The summed E-state index contributed by atoms with van der Waals surface area (Å²) in [7, 11) is 3.44. The molecule has 11 heteroatoms. The molecule has 0 aliphatic carbocycles. The van der Waals surface area contributed by atoms with Crippen LogP contribution in [-0.4, -0.2) is 95.9 Å². The van der Waals surface area contributed by atoms with Crippen LogP contribution >= 0.6 is 23.5 Å². The number of aromatic nitrogens is 1. The van der Waals surface area contributed by atoms with E-state index in [1.54, 1.807) is 14.2 Å². The molecule has 0 amide bonds. The minimum atomic E-state index is 0.192. The maximum Gasteiger partial charge on any atom is 0.216 e. The molecule has 3 aliphatic heterocycles. The van der Waals surface area contributed by atoms with Gasteiger partial charge in [0.05, 0.1) is 51.9 Å². The molecule has 4 heterocycles. The highest BCUT2D eigenvalue weighted by Crippen LogP contribution is 2.52. The SMILES string of the molecule is COCC(CN1CCOCC1)Nc1ccc2c(c1)Sc1cccc(-c3cc(N4CCOCC4)cc(OCc4ccc(OC)cc4)n3)c1S2. The molecule has 252 valence electrons. The Labute approximate surface area is 291 Å². The van der Waals surface area contributed by atoms with E-state index >= 15 is 0 Å². The van der Waals surface area contributed by atoms with Gasteiger partial charge in [-0.2, -0.15) is 0 Å². The summed E-state index contributed by atoms with van der Waals surface area (Å²) < 4.78 is 28.4.